The molecule has 0 spiro atoms. The van der Waals surface area contributed by atoms with Gasteiger partial charge in [-0.15, -0.1) is 0 Å². The van der Waals surface area contributed by atoms with E-state index >= 15 is 0 Å². The largest absolute Gasteiger partial charge is 0.351 e. The Kier molecular flexibility index (Phi) is 4.25. The summed E-state index contributed by atoms with van der Waals surface area (Å²) in [6.45, 7) is 0.362. The predicted molar refractivity (Wildman–Crippen MR) is 80.8 cm³/mol. The number of sulfone groups is 1. The maximum Gasteiger partial charge on any atom is 0.234 e. The normalized spacial score (nSPS) is 37.8. The molecular formula is C14H25N3O3S. The summed E-state index contributed by atoms with van der Waals surface area (Å²) < 4.78 is 22.8. The van der Waals surface area contributed by atoms with Crippen LogP contribution in [0.4, 0.5) is 0 Å². The molecule has 0 radical (unpaired) electrons. The lowest BCUT2D eigenvalue weighted by molar-refractivity contribution is -0.123. The Hall–Kier alpha value is -0.660. The number of carbonyl (C=O) groups excluding carboxylic acids is 1. The van der Waals surface area contributed by atoms with Crippen molar-refractivity contribution in [1.82, 2.24) is 15.5 Å². The third-order valence-electron chi connectivity index (χ3n) is 5.06. The maximum atomic E-state index is 12.1. The van der Waals surface area contributed by atoms with Gasteiger partial charge in [0.05, 0.1) is 18.1 Å². The van der Waals surface area contributed by atoms with Crippen LogP contribution in [0.25, 0.3) is 0 Å². The molecule has 0 saturated carbocycles. The summed E-state index contributed by atoms with van der Waals surface area (Å²) >= 11 is 0. The highest BCUT2D eigenvalue weighted by molar-refractivity contribution is 7.91. The number of nitrogens with one attached hydrogen (secondary N) is 2. The molecule has 2 N–H and O–H groups in total. The van der Waals surface area contributed by atoms with Gasteiger partial charge >= 0.3 is 0 Å². The number of piperidine rings is 1. The Bertz CT molecular complexity index is 496. The van der Waals surface area contributed by atoms with Gasteiger partial charge in [0.15, 0.2) is 9.84 Å². The second-order valence-electron chi connectivity index (χ2n) is 6.85. The van der Waals surface area contributed by atoms with Crippen molar-refractivity contribution in [2.45, 2.75) is 56.3 Å². The minimum Gasteiger partial charge on any atom is -0.351 e. The van der Waals surface area contributed by atoms with E-state index in [9.17, 15) is 13.2 Å². The number of hydrogen-bond donors (Lipinski definition) is 2. The first-order valence-corrected chi connectivity index (χ1v) is 9.69. The van der Waals surface area contributed by atoms with Crippen LogP contribution in [0.5, 0.6) is 0 Å². The van der Waals surface area contributed by atoms with E-state index in [-0.39, 0.29) is 23.5 Å². The molecule has 3 rings (SSSR count). The van der Waals surface area contributed by atoms with Gasteiger partial charge in [0.2, 0.25) is 5.91 Å². The lowest BCUT2D eigenvalue weighted by atomic mass is 9.98. The van der Waals surface area contributed by atoms with Crippen LogP contribution in [0.1, 0.15) is 32.1 Å². The van der Waals surface area contributed by atoms with Crippen molar-refractivity contribution < 1.29 is 13.2 Å². The van der Waals surface area contributed by atoms with Gasteiger partial charge in [-0.3, -0.25) is 9.69 Å². The first-order valence-electron chi connectivity index (χ1n) is 7.87. The SMILES string of the molecule is CN(CC(=O)NC1CCS(=O)(=O)C1)C1CC2CCC(C1)N2. The average molecular weight is 315 g/mol. The van der Waals surface area contributed by atoms with Crippen molar-refractivity contribution >= 4 is 15.7 Å². The van der Waals surface area contributed by atoms with Crippen LogP contribution in [-0.2, 0) is 14.6 Å². The molecule has 0 aromatic heterocycles. The second-order valence-corrected chi connectivity index (χ2v) is 9.07. The minimum atomic E-state index is -2.93. The van der Waals surface area contributed by atoms with Crippen LogP contribution in [0, 0.1) is 0 Å². The Labute approximate surface area is 126 Å². The van der Waals surface area contributed by atoms with Crippen LogP contribution < -0.4 is 10.6 Å². The summed E-state index contributed by atoms with van der Waals surface area (Å²) in [4.78, 5) is 14.2. The lowest BCUT2D eigenvalue weighted by Gasteiger charge is -2.35. The van der Waals surface area contributed by atoms with Gasteiger partial charge in [-0.2, -0.15) is 0 Å². The molecule has 0 aliphatic carbocycles. The smallest absolute Gasteiger partial charge is 0.234 e. The molecule has 1 amide bonds. The molecule has 0 aromatic carbocycles. The molecule has 3 aliphatic rings. The zero-order chi connectivity index (χ0) is 15.0. The molecule has 6 nitrogen and oxygen atoms in total. The third-order valence-corrected chi connectivity index (χ3v) is 6.83. The molecule has 21 heavy (non-hydrogen) atoms. The summed E-state index contributed by atoms with van der Waals surface area (Å²) in [5.74, 6) is 0.247. The van der Waals surface area contributed by atoms with Crippen molar-refractivity contribution in [3.63, 3.8) is 0 Å². The maximum absolute atomic E-state index is 12.1. The van der Waals surface area contributed by atoms with E-state index in [1.54, 1.807) is 0 Å². The highest BCUT2D eigenvalue weighted by Gasteiger charge is 2.35. The second kappa shape index (κ2) is 5.85. The Morgan fingerprint density at radius 3 is 2.48 bits per heavy atom. The molecule has 120 valence electrons. The molecule has 0 aromatic rings. The first-order chi connectivity index (χ1) is 9.91. The quantitative estimate of drug-likeness (QED) is 0.731. The number of likely N-dealkylation sites (N-methyl/N-ethyl adjacent to an activating group) is 1. The van der Waals surface area contributed by atoms with Crippen LogP contribution in [0.2, 0.25) is 0 Å². The minimum absolute atomic E-state index is 0.0505. The summed E-state index contributed by atoms with van der Waals surface area (Å²) in [7, 11) is -0.933. The fraction of sp³-hybridized carbons (Fsp3) is 0.929. The Balaban J connectivity index is 1.46. The Morgan fingerprint density at radius 2 is 1.90 bits per heavy atom. The number of carbonyl (C=O) groups is 1. The summed E-state index contributed by atoms with van der Waals surface area (Å²) in [6.07, 6.45) is 5.27. The zero-order valence-electron chi connectivity index (χ0n) is 12.5. The fourth-order valence-electron chi connectivity index (χ4n) is 3.92. The highest BCUT2D eigenvalue weighted by atomic mass is 32.2. The van der Waals surface area contributed by atoms with Gasteiger partial charge in [-0.25, -0.2) is 8.42 Å². The molecule has 3 saturated heterocycles. The van der Waals surface area contributed by atoms with Gasteiger partial charge < -0.3 is 10.6 Å². The average Bonchev–Trinajstić information content (AvgIpc) is 2.91. The van der Waals surface area contributed by atoms with E-state index < -0.39 is 9.84 Å². The molecule has 3 unspecified atom stereocenters. The highest BCUT2D eigenvalue weighted by Crippen LogP contribution is 2.29. The van der Waals surface area contributed by atoms with Gasteiger partial charge in [0.1, 0.15) is 0 Å². The van der Waals surface area contributed by atoms with Crippen molar-refractivity contribution in [2.75, 3.05) is 25.1 Å². The molecule has 3 heterocycles. The number of nitrogens with zero attached hydrogens (tertiary/aromatic N) is 1. The topological polar surface area (TPSA) is 78.5 Å². The van der Waals surface area contributed by atoms with E-state index in [4.69, 9.17) is 0 Å². The Morgan fingerprint density at radius 1 is 1.24 bits per heavy atom. The van der Waals surface area contributed by atoms with Gasteiger partial charge in [0.25, 0.3) is 0 Å². The number of amides is 1. The predicted octanol–water partition coefficient (Wildman–Crippen LogP) is -0.495. The first kappa shape index (κ1) is 15.2. The van der Waals surface area contributed by atoms with Crippen molar-refractivity contribution in [2.24, 2.45) is 0 Å². The lowest BCUT2D eigenvalue weighted by Crippen LogP contribution is -2.50. The molecule has 7 heteroatoms. The van der Waals surface area contributed by atoms with E-state index in [0.717, 1.165) is 12.8 Å². The van der Waals surface area contributed by atoms with E-state index in [0.29, 0.717) is 31.1 Å². The zero-order valence-corrected chi connectivity index (χ0v) is 13.4. The summed E-state index contributed by atoms with van der Waals surface area (Å²) in [6, 6.07) is 1.49. The van der Waals surface area contributed by atoms with E-state index in [2.05, 4.69) is 15.5 Å². The molecular weight excluding hydrogens is 290 g/mol. The molecule has 3 atom stereocenters. The molecule has 3 aliphatic heterocycles. The summed E-state index contributed by atoms with van der Waals surface area (Å²) in [5, 5.41) is 6.47. The van der Waals surface area contributed by atoms with E-state index in [1.165, 1.54) is 12.8 Å². The number of hydrogen-bond acceptors (Lipinski definition) is 5. The van der Waals surface area contributed by atoms with Crippen molar-refractivity contribution in [1.29, 1.82) is 0 Å². The van der Waals surface area contributed by atoms with Crippen molar-refractivity contribution in [3.8, 4) is 0 Å². The molecule has 2 bridgehead atoms. The summed E-state index contributed by atoms with van der Waals surface area (Å²) in [5.41, 5.74) is 0. The van der Waals surface area contributed by atoms with Crippen LogP contribution in [0.15, 0.2) is 0 Å². The van der Waals surface area contributed by atoms with Crippen LogP contribution in [0.3, 0.4) is 0 Å². The van der Waals surface area contributed by atoms with Crippen LogP contribution in [-0.4, -0.2) is 68.5 Å². The number of rotatable bonds is 4. The van der Waals surface area contributed by atoms with Crippen LogP contribution >= 0.6 is 0 Å². The standard InChI is InChI=1S/C14H25N3O3S/c1-17(13-6-10-2-3-11(7-13)15-10)8-14(18)16-12-4-5-21(19,20)9-12/h10-13,15H,2-9H2,1H3,(H,16,18). The van der Waals surface area contributed by atoms with Gasteiger partial charge in [-0.05, 0) is 39.2 Å². The van der Waals surface area contributed by atoms with Gasteiger partial charge in [0, 0.05) is 24.2 Å². The molecule has 3 fully saturated rings. The fourth-order valence-corrected chi connectivity index (χ4v) is 5.60. The van der Waals surface area contributed by atoms with Gasteiger partial charge in [-0.1, -0.05) is 0 Å². The monoisotopic (exact) mass is 315 g/mol. The van der Waals surface area contributed by atoms with Crippen molar-refractivity contribution in [3.05, 3.63) is 0 Å². The van der Waals surface area contributed by atoms with E-state index in [1.807, 2.05) is 7.05 Å². The third kappa shape index (κ3) is 3.76. The number of fused-ring (bicyclic) bond motifs is 2.